The summed E-state index contributed by atoms with van der Waals surface area (Å²) >= 11 is 5.24. The monoisotopic (exact) mass is 397 g/mol. The first-order chi connectivity index (χ1) is 12.9. The van der Waals surface area contributed by atoms with Crippen LogP contribution < -0.4 is 4.72 Å². The zero-order valence-electron chi connectivity index (χ0n) is 14.2. The predicted octanol–water partition coefficient (Wildman–Crippen LogP) is 4.93. The van der Waals surface area contributed by atoms with Gasteiger partial charge in [-0.05, 0) is 58.6 Å². The van der Waals surface area contributed by atoms with Gasteiger partial charge in [0.1, 0.15) is 0 Å². The minimum Gasteiger partial charge on any atom is -0.280 e. The van der Waals surface area contributed by atoms with Crippen molar-refractivity contribution in [3.05, 3.63) is 90.5 Å². The molecule has 0 atom stereocenters. The zero-order chi connectivity index (χ0) is 19.3. The Morgan fingerprint density at radius 1 is 0.815 bits per heavy atom. The van der Waals surface area contributed by atoms with Gasteiger partial charge < -0.3 is 0 Å². The van der Waals surface area contributed by atoms with Crippen LogP contribution in [0.3, 0.4) is 0 Å². The number of anilines is 1. The number of rotatable bonds is 6. The summed E-state index contributed by atoms with van der Waals surface area (Å²) in [7, 11) is -3.71. The van der Waals surface area contributed by atoms with Crippen LogP contribution in [0.5, 0.6) is 0 Å². The number of halogens is 1. The summed E-state index contributed by atoms with van der Waals surface area (Å²) in [5.41, 5.74) is 3.22. The zero-order valence-corrected chi connectivity index (χ0v) is 15.7. The van der Waals surface area contributed by atoms with Crippen LogP contribution in [0.25, 0.3) is 17.2 Å². The normalized spacial score (nSPS) is 11.4. The maximum Gasteiger partial charge on any atom is 0.261 e. The fourth-order valence-electron chi connectivity index (χ4n) is 2.50. The molecule has 3 rings (SSSR count). The number of hydrogen-bond donors (Lipinski definition) is 1. The van der Waals surface area contributed by atoms with Gasteiger partial charge in [-0.1, -0.05) is 60.7 Å². The molecule has 0 amide bonds. The Balaban J connectivity index is 1.75. The summed E-state index contributed by atoms with van der Waals surface area (Å²) in [6.07, 6.45) is 2.72. The molecule has 0 aliphatic heterocycles. The molecule has 0 aromatic heterocycles. The molecule has 0 aliphatic carbocycles. The van der Waals surface area contributed by atoms with Gasteiger partial charge in [-0.2, -0.15) is 0 Å². The molecule has 1 N–H and O–H groups in total. The van der Waals surface area contributed by atoms with E-state index in [1.807, 2.05) is 42.5 Å². The number of carbonyl (C=O) groups excluding carboxylic acids is 1. The Morgan fingerprint density at radius 3 is 2.00 bits per heavy atom. The van der Waals surface area contributed by atoms with Crippen LogP contribution in [0.1, 0.15) is 5.56 Å². The van der Waals surface area contributed by atoms with E-state index in [9.17, 15) is 13.2 Å². The van der Waals surface area contributed by atoms with Crippen molar-refractivity contribution in [1.82, 2.24) is 0 Å². The highest BCUT2D eigenvalue weighted by Gasteiger charge is 2.13. The summed E-state index contributed by atoms with van der Waals surface area (Å²) in [4.78, 5) is 10.9. The minimum absolute atomic E-state index is 0.129. The van der Waals surface area contributed by atoms with Gasteiger partial charge in [0, 0.05) is 5.69 Å². The quantitative estimate of drug-likeness (QED) is 0.473. The Bertz CT molecular complexity index is 1060. The van der Waals surface area contributed by atoms with Gasteiger partial charge in [-0.15, -0.1) is 0 Å². The van der Waals surface area contributed by atoms with Gasteiger partial charge in [-0.3, -0.25) is 9.52 Å². The SMILES string of the molecule is O=C(Cl)/C=C/c1ccc(S(=O)(=O)Nc2ccc(-c3ccccc3)cc2)cc1. The lowest BCUT2D eigenvalue weighted by atomic mass is 10.1. The molecule has 0 heterocycles. The maximum atomic E-state index is 12.5. The molecular weight excluding hydrogens is 382 g/mol. The van der Waals surface area contributed by atoms with Gasteiger partial charge in [0.15, 0.2) is 0 Å². The molecule has 6 heteroatoms. The highest BCUT2D eigenvalue weighted by molar-refractivity contribution is 7.92. The standard InChI is InChI=1S/C21H16ClNO3S/c22-21(24)15-8-16-6-13-20(14-7-16)27(25,26)23-19-11-9-18(10-12-19)17-4-2-1-3-5-17/h1-15,23H/b15-8+. The fraction of sp³-hybridized carbons (Fsp3) is 0. The van der Waals surface area contributed by atoms with E-state index < -0.39 is 15.3 Å². The largest absolute Gasteiger partial charge is 0.280 e. The lowest BCUT2D eigenvalue weighted by Crippen LogP contribution is -2.12. The molecule has 0 aliphatic rings. The van der Waals surface area contributed by atoms with Crippen molar-refractivity contribution in [2.75, 3.05) is 4.72 Å². The summed E-state index contributed by atoms with van der Waals surface area (Å²) in [6.45, 7) is 0. The maximum absolute atomic E-state index is 12.5. The van der Waals surface area contributed by atoms with E-state index in [0.717, 1.165) is 11.1 Å². The average Bonchev–Trinajstić information content (AvgIpc) is 2.68. The molecular formula is C21H16ClNO3S. The van der Waals surface area contributed by atoms with Crippen molar-refractivity contribution in [2.45, 2.75) is 4.90 Å². The molecule has 0 unspecified atom stereocenters. The van der Waals surface area contributed by atoms with E-state index in [1.165, 1.54) is 24.3 Å². The number of hydrogen-bond acceptors (Lipinski definition) is 3. The first-order valence-electron chi connectivity index (χ1n) is 8.10. The van der Waals surface area contributed by atoms with Crippen molar-refractivity contribution in [3.63, 3.8) is 0 Å². The number of benzene rings is 3. The number of allylic oxidation sites excluding steroid dienone is 1. The van der Waals surface area contributed by atoms with Gasteiger partial charge >= 0.3 is 0 Å². The third-order valence-corrected chi connectivity index (χ3v) is 5.36. The van der Waals surface area contributed by atoms with E-state index in [-0.39, 0.29) is 4.90 Å². The van der Waals surface area contributed by atoms with Gasteiger partial charge in [0.25, 0.3) is 10.0 Å². The van der Waals surface area contributed by atoms with Crippen LogP contribution in [0, 0.1) is 0 Å². The molecule has 0 fully saturated rings. The smallest absolute Gasteiger partial charge is 0.261 e. The van der Waals surface area contributed by atoms with E-state index in [0.29, 0.717) is 11.3 Å². The molecule has 0 saturated carbocycles. The first-order valence-corrected chi connectivity index (χ1v) is 9.96. The second-order valence-electron chi connectivity index (χ2n) is 5.76. The molecule has 27 heavy (non-hydrogen) atoms. The highest BCUT2D eigenvalue weighted by atomic mass is 35.5. The van der Waals surface area contributed by atoms with E-state index in [1.54, 1.807) is 24.3 Å². The topological polar surface area (TPSA) is 63.2 Å². The van der Waals surface area contributed by atoms with Crippen molar-refractivity contribution in [2.24, 2.45) is 0 Å². The van der Waals surface area contributed by atoms with Crippen LogP contribution >= 0.6 is 11.6 Å². The lowest BCUT2D eigenvalue weighted by molar-refractivity contribution is -0.107. The molecule has 0 bridgehead atoms. The molecule has 0 radical (unpaired) electrons. The highest BCUT2D eigenvalue weighted by Crippen LogP contribution is 2.23. The van der Waals surface area contributed by atoms with Crippen LogP contribution in [-0.4, -0.2) is 13.7 Å². The summed E-state index contributed by atoms with van der Waals surface area (Å²) in [5, 5.41) is -0.590. The summed E-state index contributed by atoms with van der Waals surface area (Å²) in [5.74, 6) is 0. The number of carbonyl (C=O) groups is 1. The summed E-state index contributed by atoms with van der Waals surface area (Å²) in [6, 6.07) is 23.2. The molecule has 3 aromatic rings. The predicted molar refractivity (Wildman–Crippen MR) is 109 cm³/mol. The van der Waals surface area contributed by atoms with Crippen molar-refractivity contribution in [3.8, 4) is 11.1 Å². The second kappa shape index (κ2) is 8.20. The van der Waals surface area contributed by atoms with Gasteiger partial charge in [0.05, 0.1) is 4.90 Å². The molecule has 136 valence electrons. The lowest BCUT2D eigenvalue weighted by Gasteiger charge is -2.09. The Hall–Kier alpha value is -2.89. The third kappa shape index (κ3) is 5.06. The van der Waals surface area contributed by atoms with Gasteiger partial charge in [0.2, 0.25) is 5.24 Å². The van der Waals surface area contributed by atoms with Crippen molar-refractivity contribution < 1.29 is 13.2 Å². The van der Waals surface area contributed by atoms with Crippen molar-refractivity contribution in [1.29, 1.82) is 0 Å². The Labute approximate surface area is 163 Å². The van der Waals surface area contributed by atoms with Crippen LogP contribution in [-0.2, 0) is 14.8 Å². The molecule has 4 nitrogen and oxygen atoms in total. The minimum atomic E-state index is -3.71. The summed E-state index contributed by atoms with van der Waals surface area (Å²) < 4.78 is 27.6. The average molecular weight is 398 g/mol. The van der Waals surface area contributed by atoms with Crippen LogP contribution in [0.15, 0.2) is 89.8 Å². The number of nitrogens with one attached hydrogen (secondary N) is 1. The van der Waals surface area contributed by atoms with E-state index >= 15 is 0 Å². The van der Waals surface area contributed by atoms with Crippen molar-refractivity contribution >= 4 is 38.6 Å². The number of sulfonamides is 1. The van der Waals surface area contributed by atoms with Crippen LogP contribution in [0.2, 0.25) is 0 Å². The second-order valence-corrected chi connectivity index (χ2v) is 7.81. The van der Waals surface area contributed by atoms with Crippen LogP contribution in [0.4, 0.5) is 5.69 Å². The van der Waals surface area contributed by atoms with Gasteiger partial charge in [-0.25, -0.2) is 8.42 Å². The molecule has 0 spiro atoms. The Morgan fingerprint density at radius 2 is 1.41 bits per heavy atom. The molecule has 0 saturated heterocycles. The van der Waals surface area contributed by atoms with E-state index in [4.69, 9.17) is 11.6 Å². The molecule has 3 aromatic carbocycles. The third-order valence-electron chi connectivity index (χ3n) is 3.84. The fourth-order valence-corrected chi connectivity index (χ4v) is 3.62. The van der Waals surface area contributed by atoms with E-state index in [2.05, 4.69) is 4.72 Å². The first kappa shape index (κ1) is 18.9. The Kier molecular flexibility index (Phi) is 5.74.